The SMILES string of the molecule is c1ccc([Si]2(c3ccccc3)c3cc(-c4cccc5c4sc4ccccc45)ccc3-c3ccc(-n4c5ccc(-c6ccc(-c7ccc(-c8cc9ccccc9c9ccccc89)cc7)cc6)cc5c5cc(-c6ccc(-c7ccc(-c8cc9ccccc9c9ccccc89)cc7)cc6)ccc54)cc32)cc1. The second-order valence-electron chi connectivity index (χ2n) is 27.7. The van der Waals surface area contributed by atoms with Gasteiger partial charge in [0.05, 0.1) is 11.0 Å². The highest BCUT2D eigenvalue weighted by atomic mass is 32.1. The minimum Gasteiger partial charge on any atom is -0.309 e. The average molecular weight is 1340 g/mol. The highest BCUT2D eigenvalue weighted by Crippen LogP contribution is 2.45. The normalized spacial score (nSPS) is 12.5. The monoisotopic (exact) mass is 1340 g/mol. The lowest BCUT2D eigenvalue weighted by Crippen LogP contribution is -2.72. The fourth-order valence-corrected chi connectivity index (χ4v) is 23.9. The zero-order chi connectivity index (χ0) is 67.7. The van der Waals surface area contributed by atoms with Crippen LogP contribution in [0.3, 0.4) is 0 Å². The lowest BCUT2D eigenvalue weighted by atomic mass is 9.92. The van der Waals surface area contributed by atoms with E-state index in [1.807, 2.05) is 11.3 Å². The van der Waals surface area contributed by atoms with Gasteiger partial charge in [0.2, 0.25) is 0 Å². The van der Waals surface area contributed by atoms with Crippen molar-refractivity contribution in [2.75, 3.05) is 0 Å². The van der Waals surface area contributed by atoms with Gasteiger partial charge >= 0.3 is 0 Å². The van der Waals surface area contributed by atoms with E-state index in [-0.39, 0.29) is 0 Å². The molecule has 1 aliphatic rings. The second-order valence-corrected chi connectivity index (χ2v) is 32.5. The Balaban J connectivity index is 0.686. The van der Waals surface area contributed by atoms with E-state index < -0.39 is 8.07 Å². The van der Waals surface area contributed by atoms with Crippen molar-refractivity contribution in [2.24, 2.45) is 0 Å². The first-order valence-electron chi connectivity index (χ1n) is 35.7. The Kier molecular flexibility index (Phi) is 13.6. The zero-order valence-electron chi connectivity index (χ0n) is 56.2. The first-order chi connectivity index (χ1) is 51.0. The predicted molar refractivity (Wildman–Crippen MR) is 444 cm³/mol. The third-order valence-electron chi connectivity index (χ3n) is 22.3. The molecular weight excluding hydrogens is 1280 g/mol. The molecule has 0 saturated heterocycles. The van der Waals surface area contributed by atoms with Gasteiger partial charge in [-0.2, -0.15) is 0 Å². The quantitative estimate of drug-likeness (QED) is 0.0950. The molecule has 0 fully saturated rings. The summed E-state index contributed by atoms with van der Waals surface area (Å²) in [6, 6.07) is 144. The molecule has 0 unspecified atom stereocenters. The molecule has 1 aliphatic heterocycles. The molecule has 478 valence electrons. The molecule has 0 amide bonds. The van der Waals surface area contributed by atoms with E-state index in [1.165, 1.54) is 195 Å². The van der Waals surface area contributed by atoms with E-state index in [0.717, 1.165) is 5.69 Å². The van der Waals surface area contributed by atoms with Crippen molar-refractivity contribution in [3.05, 3.63) is 382 Å². The standard InChI is InChI=1S/C100H63NSSi/c1-3-20-78(21-4-1)103(79-22-5-2-6-23-79)98-62-76(82-31-17-32-90-87-30-15-16-33-97(87)102-100(82)90)50-54-88(98)89-55-53-77(63-99(89)103)101-95-56-51-72(68-38-34-64(35-39-68)66-42-46-70(47-43-66)91-60-74-18-7-9-24-80(74)83-26-11-13-28-85(83)91)58-93(95)94-59-73(52-57-96(94)101)69-40-36-65(37-41-69)67-44-48-71(49-45-67)92-61-75-19-8-10-25-81(75)84-27-12-14-29-86(84)92/h1-63H. The summed E-state index contributed by atoms with van der Waals surface area (Å²) in [6.07, 6.45) is 0. The van der Waals surface area contributed by atoms with Crippen LogP contribution >= 0.6 is 11.3 Å². The molecule has 0 radical (unpaired) electrons. The van der Waals surface area contributed by atoms with Crippen LogP contribution in [-0.2, 0) is 0 Å². The summed E-state index contributed by atoms with van der Waals surface area (Å²) in [5.74, 6) is 0. The fourth-order valence-electron chi connectivity index (χ4n) is 17.4. The molecule has 21 rings (SSSR count). The molecule has 0 N–H and O–H groups in total. The number of hydrogen-bond donors (Lipinski definition) is 0. The van der Waals surface area contributed by atoms with Gasteiger partial charge in [-0.1, -0.05) is 328 Å². The molecule has 3 heteroatoms. The first-order valence-corrected chi connectivity index (χ1v) is 38.5. The van der Waals surface area contributed by atoms with Crippen LogP contribution in [0.15, 0.2) is 382 Å². The second kappa shape index (κ2) is 23.7. The highest BCUT2D eigenvalue weighted by Gasteiger charge is 2.49. The van der Waals surface area contributed by atoms with Crippen molar-refractivity contribution in [2.45, 2.75) is 0 Å². The van der Waals surface area contributed by atoms with E-state index in [9.17, 15) is 0 Å². The van der Waals surface area contributed by atoms with Gasteiger partial charge in [-0.3, -0.25) is 0 Å². The zero-order valence-corrected chi connectivity index (χ0v) is 58.0. The van der Waals surface area contributed by atoms with E-state index >= 15 is 0 Å². The van der Waals surface area contributed by atoms with Gasteiger partial charge in [0.15, 0.2) is 8.07 Å². The lowest BCUT2D eigenvalue weighted by Gasteiger charge is -2.32. The van der Waals surface area contributed by atoms with Crippen molar-refractivity contribution in [1.29, 1.82) is 0 Å². The molecule has 0 atom stereocenters. The minimum atomic E-state index is -3.02. The van der Waals surface area contributed by atoms with Crippen LogP contribution in [0.4, 0.5) is 0 Å². The van der Waals surface area contributed by atoms with Crippen LogP contribution in [0.25, 0.3) is 180 Å². The van der Waals surface area contributed by atoms with Crippen molar-refractivity contribution in [3.8, 4) is 94.7 Å². The number of aromatic nitrogens is 1. The van der Waals surface area contributed by atoms with Gasteiger partial charge in [0.1, 0.15) is 0 Å². The van der Waals surface area contributed by atoms with Gasteiger partial charge in [-0.25, -0.2) is 0 Å². The van der Waals surface area contributed by atoms with Crippen LogP contribution in [0, 0.1) is 0 Å². The topological polar surface area (TPSA) is 4.93 Å². The molecule has 0 saturated carbocycles. The van der Waals surface area contributed by atoms with Gasteiger partial charge in [0, 0.05) is 36.6 Å². The number of fused-ring (bicyclic) bond motifs is 15. The number of benzene rings is 18. The molecule has 103 heavy (non-hydrogen) atoms. The molecule has 2 aromatic heterocycles. The average Bonchev–Trinajstić information content (AvgIpc) is 1.53. The van der Waals surface area contributed by atoms with Gasteiger partial charge < -0.3 is 4.57 Å². The Morgan fingerprint density at radius 2 is 0.583 bits per heavy atom. The largest absolute Gasteiger partial charge is 0.309 e. The third-order valence-corrected chi connectivity index (χ3v) is 28.4. The molecular formula is C100H63NSSi. The lowest BCUT2D eigenvalue weighted by molar-refractivity contribution is 1.18. The molecule has 3 heterocycles. The summed E-state index contributed by atoms with van der Waals surface area (Å²) < 4.78 is 5.20. The van der Waals surface area contributed by atoms with Crippen LogP contribution in [0.5, 0.6) is 0 Å². The van der Waals surface area contributed by atoms with Gasteiger partial charge in [-0.15, -0.1) is 11.3 Å². The molecule has 0 aliphatic carbocycles. The number of nitrogens with zero attached hydrogens (tertiary/aromatic N) is 1. The fraction of sp³-hybridized carbons (Fsp3) is 0. The maximum atomic E-state index is 2.58. The first kappa shape index (κ1) is 59.1. The van der Waals surface area contributed by atoms with Crippen molar-refractivity contribution < 1.29 is 0 Å². The van der Waals surface area contributed by atoms with Crippen molar-refractivity contribution >= 4 is 125 Å². The van der Waals surface area contributed by atoms with Crippen molar-refractivity contribution in [3.63, 3.8) is 0 Å². The smallest absolute Gasteiger partial charge is 0.180 e. The highest BCUT2D eigenvalue weighted by molar-refractivity contribution is 7.26. The van der Waals surface area contributed by atoms with E-state index in [4.69, 9.17) is 0 Å². The summed E-state index contributed by atoms with van der Waals surface area (Å²) in [6.45, 7) is 0. The van der Waals surface area contributed by atoms with Crippen LogP contribution in [0.2, 0.25) is 0 Å². The Labute approximate surface area is 602 Å². The van der Waals surface area contributed by atoms with Crippen LogP contribution < -0.4 is 20.7 Å². The number of rotatable bonds is 10. The number of thiophene rings is 1. The third kappa shape index (κ3) is 9.44. The van der Waals surface area contributed by atoms with Gasteiger partial charge in [0.25, 0.3) is 0 Å². The van der Waals surface area contributed by atoms with Crippen LogP contribution in [-0.4, -0.2) is 12.6 Å². The summed E-state index contributed by atoms with van der Waals surface area (Å²) in [4.78, 5) is 0. The van der Waals surface area contributed by atoms with Gasteiger partial charge in [-0.05, 0) is 207 Å². The van der Waals surface area contributed by atoms with E-state index in [1.54, 1.807) is 0 Å². The number of hydrogen-bond acceptors (Lipinski definition) is 1. The summed E-state index contributed by atoms with van der Waals surface area (Å²) in [5.41, 5.74) is 23.1. The molecule has 0 bridgehead atoms. The molecule has 18 aromatic carbocycles. The maximum Gasteiger partial charge on any atom is 0.180 e. The van der Waals surface area contributed by atoms with E-state index in [2.05, 4.69) is 387 Å². The Morgan fingerprint density at radius 1 is 0.204 bits per heavy atom. The summed E-state index contributed by atoms with van der Waals surface area (Å²) in [7, 11) is -3.02. The molecule has 0 spiro atoms. The summed E-state index contributed by atoms with van der Waals surface area (Å²) >= 11 is 1.91. The Bertz CT molecular complexity index is 6500. The van der Waals surface area contributed by atoms with Crippen LogP contribution in [0.1, 0.15) is 0 Å². The Morgan fingerprint density at radius 3 is 1.09 bits per heavy atom. The Hall–Kier alpha value is -12.8. The minimum absolute atomic E-state index is 1.15. The predicted octanol–water partition coefficient (Wildman–Crippen LogP) is 24.8. The molecule has 1 nitrogen and oxygen atoms in total. The maximum absolute atomic E-state index is 3.02. The van der Waals surface area contributed by atoms with Crippen molar-refractivity contribution in [1.82, 2.24) is 4.57 Å². The summed E-state index contributed by atoms with van der Waals surface area (Å²) in [5, 5.41) is 20.8. The molecule has 20 aromatic rings. The van der Waals surface area contributed by atoms with E-state index in [0.29, 0.717) is 0 Å².